The van der Waals surface area contributed by atoms with Gasteiger partial charge in [0, 0.05) is 29.8 Å². The summed E-state index contributed by atoms with van der Waals surface area (Å²) in [6.45, 7) is -0.0660. The summed E-state index contributed by atoms with van der Waals surface area (Å²) in [5.41, 5.74) is 0.551. The number of halogens is 1. The zero-order valence-electron chi connectivity index (χ0n) is 15.3. The Morgan fingerprint density at radius 1 is 1.32 bits per heavy atom. The van der Waals surface area contributed by atoms with Gasteiger partial charge in [-0.25, -0.2) is 9.78 Å². The molecule has 1 aromatic carbocycles. The van der Waals surface area contributed by atoms with Crippen molar-refractivity contribution in [2.45, 2.75) is 23.9 Å². The number of thioether (sulfide) groups is 1. The molecule has 1 aliphatic rings. The van der Waals surface area contributed by atoms with Gasteiger partial charge in [0.25, 0.3) is 5.56 Å². The van der Waals surface area contributed by atoms with Crippen molar-refractivity contribution in [3.63, 3.8) is 0 Å². The molecule has 10 heteroatoms. The first-order valence-corrected chi connectivity index (χ1v) is 10.1. The van der Waals surface area contributed by atoms with Crippen LogP contribution < -0.4 is 16.6 Å². The van der Waals surface area contributed by atoms with Gasteiger partial charge in [-0.1, -0.05) is 11.6 Å². The summed E-state index contributed by atoms with van der Waals surface area (Å²) in [6.07, 6.45) is 2.21. The zero-order chi connectivity index (χ0) is 20.0. The van der Waals surface area contributed by atoms with E-state index < -0.39 is 11.2 Å². The van der Waals surface area contributed by atoms with E-state index in [-0.39, 0.29) is 29.7 Å². The molecule has 3 aromatic rings. The average molecular weight is 420 g/mol. The molecule has 0 radical (unpaired) electrons. The Kier molecular flexibility index (Phi) is 4.80. The molecule has 0 saturated carbocycles. The highest BCUT2D eigenvalue weighted by Gasteiger charge is 2.23. The molecule has 0 saturated heterocycles. The highest BCUT2D eigenvalue weighted by Crippen LogP contribution is 2.37. The lowest BCUT2D eigenvalue weighted by Crippen LogP contribution is -2.38. The van der Waals surface area contributed by atoms with E-state index in [2.05, 4.69) is 10.3 Å². The minimum absolute atomic E-state index is 0.0660. The number of nitrogens with one attached hydrogen (secondary N) is 1. The normalized spacial score (nSPS) is 16.2. The molecule has 0 spiro atoms. The predicted molar refractivity (Wildman–Crippen MR) is 108 cm³/mol. The van der Waals surface area contributed by atoms with Crippen LogP contribution in [0.4, 0.5) is 0 Å². The Bertz CT molecular complexity index is 1210. The molecule has 1 aliphatic heterocycles. The van der Waals surface area contributed by atoms with E-state index in [1.165, 1.54) is 22.5 Å². The number of fused-ring (bicyclic) bond motifs is 2. The minimum atomic E-state index is -0.477. The molecule has 28 heavy (non-hydrogen) atoms. The van der Waals surface area contributed by atoms with Gasteiger partial charge in [0.1, 0.15) is 6.54 Å². The number of hydrogen-bond acceptors (Lipinski definition) is 5. The molecule has 2 aromatic heterocycles. The number of benzene rings is 1. The summed E-state index contributed by atoms with van der Waals surface area (Å²) in [6, 6.07) is 5.56. The maximum Gasteiger partial charge on any atom is 0.332 e. The smallest absolute Gasteiger partial charge is 0.332 e. The number of aryl methyl sites for hydroxylation is 1. The molecular formula is C18H18ClN5O3S. The van der Waals surface area contributed by atoms with Crippen molar-refractivity contribution in [1.29, 1.82) is 0 Å². The molecule has 4 rings (SSSR count). The third kappa shape index (κ3) is 3.14. The van der Waals surface area contributed by atoms with E-state index in [1.807, 2.05) is 18.2 Å². The van der Waals surface area contributed by atoms with E-state index in [4.69, 9.17) is 11.6 Å². The van der Waals surface area contributed by atoms with Gasteiger partial charge in [0.15, 0.2) is 11.2 Å². The molecule has 1 unspecified atom stereocenters. The summed E-state index contributed by atoms with van der Waals surface area (Å²) in [5.74, 6) is 0.661. The number of nitrogens with zero attached hydrogens (tertiary/aromatic N) is 4. The van der Waals surface area contributed by atoms with Crippen LogP contribution in [0.15, 0.2) is 39.0 Å². The van der Waals surface area contributed by atoms with E-state index in [1.54, 1.807) is 18.8 Å². The summed E-state index contributed by atoms with van der Waals surface area (Å²) < 4.78 is 3.78. The van der Waals surface area contributed by atoms with Crippen LogP contribution in [0.5, 0.6) is 0 Å². The Hall–Kier alpha value is -2.52. The Labute approximate surface area is 169 Å². The number of hydrogen-bond donors (Lipinski definition) is 1. The third-order valence-electron chi connectivity index (χ3n) is 4.88. The number of imidazole rings is 1. The van der Waals surface area contributed by atoms with E-state index in [0.717, 1.165) is 27.2 Å². The molecule has 3 heterocycles. The Morgan fingerprint density at radius 2 is 2.11 bits per heavy atom. The third-order valence-corrected chi connectivity index (χ3v) is 6.24. The van der Waals surface area contributed by atoms with Gasteiger partial charge in [-0.2, -0.15) is 0 Å². The molecular weight excluding hydrogens is 402 g/mol. The van der Waals surface area contributed by atoms with Gasteiger partial charge in [-0.05, 0) is 30.2 Å². The lowest BCUT2D eigenvalue weighted by atomic mass is 10.0. The Balaban J connectivity index is 1.62. The number of carbonyl (C=O) groups excluding carboxylic acids is 1. The minimum Gasteiger partial charge on any atom is -0.348 e. The molecule has 146 valence electrons. The van der Waals surface area contributed by atoms with Crippen molar-refractivity contribution >= 4 is 40.4 Å². The quantitative estimate of drug-likeness (QED) is 0.693. The fraction of sp³-hybridized carbons (Fsp3) is 0.333. The van der Waals surface area contributed by atoms with Crippen molar-refractivity contribution in [1.82, 2.24) is 24.0 Å². The maximum absolute atomic E-state index is 12.7. The van der Waals surface area contributed by atoms with Gasteiger partial charge in [0.05, 0.1) is 12.4 Å². The summed E-state index contributed by atoms with van der Waals surface area (Å²) in [5, 5.41) is 3.66. The molecule has 1 N–H and O–H groups in total. The SMILES string of the molecule is Cn1c(=O)c2c(ncn2CC(=O)NC2CCSc3ccc(Cl)cc32)n(C)c1=O. The van der Waals surface area contributed by atoms with Crippen molar-refractivity contribution in [2.24, 2.45) is 14.1 Å². The summed E-state index contributed by atoms with van der Waals surface area (Å²) in [7, 11) is 2.95. The first kappa shape index (κ1) is 18.8. The van der Waals surface area contributed by atoms with E-state index in [0.29, 0.717) is 5.02 Å². The average Bonchev–Trinajstić information content (AvgIpc) is 3.08. The van der Waals surface area contributed by atoms with Crippen LogP contribution in [0.3, 0.4) is 0 Å². The van der Waals surface area contributed by atoms with Gasteiger partial charge in [-0.15, -0.1) is 11.8 Å². The second kappa shape index (κ2) is 7.14. The molecule has 8 nitrogen and oxygen atoms in total. The van der Waals surface area contributed by atoms with E-state index in [9.17, 15) is 14.4 Å². The highest BCUT2D eigenvalue weighted by molar-refractivity contribution is 7.99. The van der Waals surface area contributed by atoms with Crippen molar-refractivity contribution in [2.75, 3.05) is 5.75 Å². The van der Waals surface area contributed by atoms with Crippen molar-refractivity contribution in [3.05, 3.63) is 56.0 Å². The molecule has 1 amide bonds. The topological polar surface area (TPSA) is 90.9 Å². The lowest BCUT2D eigenvalue weighted by Gasteiger charge is -2.26. The van der Waals surface area contributed by atoms with Gasteiger partial charge >= 0.3 is 5.69 Å². The van der Waals surface area contributed by atoms with Gasteiger partial charge in [0.2, 0.25) is 5.91 Å². The summed E-state index contributed by atoms with van der Waals surface area (Å²) >= 11 is 7.86. The molecule has 0 aliphatic carbocycles. The Morgan fingerprint density at radius 3 is 2.89 bits per heavy atom. The highest BCUT2D eigenvalue weighted by atomic mass is 35.5. The van der Waals surface area contributed by atoms with Crippen LogP contribution in [0.2, 0.25) is 5.02 Å². The van der Waals surface area contributed by atoms with Crippen LogP contribution in [-0.2, 0) is 25.4 Å². The maximum atomic E-state index is 12.7. The molecule has 0 bridgehead atoms. The fourth-order valence-electron chi connectivity index (χ4n) is 3.43. The first-order valence-electron chi connectivity index (χ1n) is 8.69. The predicted octanol–water partition coefficient (Wildman–Crippen LogP) is 1.44. The fourth-order valence-corrected chi connectivity index (χ4v) is 4.71. The van der Waals surface area contributed by atoms with Crippen molar-refractivity contribution < 1.29 is 4.79 Å². The first-order chi connectivity index (χ1) is 13.4. The standard InChI is InChI=1S/C18H18ClN5O3S/c1-22-16-15(17(26)23(2)18(22)27)24(9-20-16)8-14(25)21-12-5-6-28-13-4-3-10(19)7-11(12)13/h3-4,7,9,12H,5-6,8H2,1-2H3,(H,21,25). The number of aromatic nitrogens is 4. The number of amides is 1. The van der Waals surface area contributed by atoms with Gasteiger partial charge in [-0.3, -0.25) is 18.7 Å². The van der Waals surface area contributed by atoms with Crippen molar-refractivity contribution in [3.8, 4) is 0 Å². The van der Waals surface area contributed by atoms with E-state index >= 15 is 0 Å². The summed E-state index contributed by atoms with van der Waals surface area (Å²) in [4.78, 5) is 42.5. The zero-order valence-corrected chi connectivity index (χ0v) is 16.9. The second-order valence-electron chi connectivity index (χ2n) is 6.69. The van der Waals surface area contributed by atoms with Crippen LogP contribution in [0.1, 0.15) is 18.0 Å². The number of rotatable bonds is 3. The molecule has 1 atom stereocenters. The largest absolute Gasteiger partial charge is 0.348 e. The molecule has 0 fully saturated rings. The second-order valence-corrected chi connectivity index (χ2v) is 8.26. The van der Waals surface area contributed by atoms with Crippen LogP contribution in [0.25, 0.3) is 11.2 Å². The van der Waals surface area contributed by atoms with Crippen LogP contribution in [0, 0.1) is 0 Å². The lowest BCUT2D eigenvalue weighted by molar-refractivity contribution is -0.122. The van der Waals surface area contributed by atoms with Crippen LogP contribution >= 0.6 is 23.4 Å². The van der Waals surface area contributed by atoms with Gasteiger partial charge < -0.3 is 9.88 Å². The van der Waals surface area contributed by atoms with Crippen LogP contribution in [-0.4, -0.2) is 30.3 Å². The monoisotopic (exact) mass is 419 g/mol. The number of carbonyl (C=O) groups is 1.